The SMILES string of the molecule is COC(C(=O)c1cccc2c1C(=O)O[C@]21CCNC1)c1ccc(Br)cc1F. The summed E-state index contributed by atoms with van der Waals surface area (Å²) in [4.78, 5) is 25.8. The first-order valence-corrected chi connectivity index (χ1v) is 9.36. The van der Waals surface area contributed by atoms with Gasteiger partial charge in [-0.05, 0) is 18.7 Å². The molecule has 0 amide bonds. The van der Waals surface area contributed by atoms with Gasteiger partial charge in [-0.15, -0.1) is 0 Å². The van der Waals surface area contributed by atoms with Crippen molar-refractivity contribution in [2.45, 2.75) is 18.1 Å². The van der Waals surface area contributed by atoms with Crippen molar-refractivity contribution in [1.82, 2.24) is 5.32 Å². The molecular weight excluding hydrogens is 417 g/mol. The van der Waals surface area contributed by atoms with Gasteiger partial charge in [0, 0.05) is 41.2 Å². The van der Waals surface area contributed by atoms with Gasteiger partial charge in [-0.25, -0.2) is 9.18 Å². The van der Waals surface area contributed by atoms with Crippen molar-refractivity contribution in [3.8, 4) is 0 Å². The highest BCUT2D eigenvalue weighted by Crippen LogP contribution is 2.43. The number of ketones is 1. The maximum absolute atomic E-state index is 14.4. The second-order valence-corrected chi connectivity index (χ2v) is 7.60. The number of carbonyl (C=O) groups excluding carboxylic acids is 2. The van der Waals surface area contributed by atoms with Crippen molar-refractivity contribution in [2.75, 3.05) is 20.2 Å². The molecule has 5 nitrogen and oxygen atoms in total. The minimum atomic E-state index is -1.16. The van der Waals surface area contributed by atoms with Gasteiger partial charge in [0.15, 0.2) is 11.4 Å². The average molecular weight is 434 g/mol. The summed E-state index contributed by atoms with van der Waals surface area (Å²) in [6, 6.07) is 9.50. The zero-order valence-electron chi connectivity index (χ0n) is 14.6. The summed E-state index contributed by atoms with van der Waals surface area (Å²) in [5, 5.41) is 3.20. The van der Waals surface area contributed by atoms with Crippen LogP contribution < -0.4 is 5.32 Å². The summed E-state index contributed by atoms with van der Waals surface area (Å²) < 4.78 is 25.9. The number of benzene rings is 2. The molecule has 0 aliphatic carbocycles. The van der Waals surface area contributed by atoms with E-state index in [1.165, 1.54) is 19.2 Å². The van der Waals surface area contributed by atoms with Crippen LogP contribution in [0.2, 0.25) is 0 Å². The summed E-state index contributed by atoms with van der Waals surface area (Å²) in [5.41, 5.74) is 0.538. The Balaban J connectivity index is 1.79. The lowest BCUT2D eigenvalue weighted by atomic mass is 9.87. The van der Waals surface area contributed by atoms with Crippen molar-refractivity contribution in [2.24, 2.45) is 0 Å². The molecule has 7 heteroatoms. The Morgan fingerprint density at radius 3 is 2.85 bits per heavy atom. The van der Waals surface area contributed by atoms with E-state index in [-0.39, 0.29) is 16.7 Å². The molecule has 0 saturated carbocycles. The normalized spacial score (nSPS) is 22.0. The number of rotatable bonds is 4. The first kappa shape index (κ1) is 18.3. The predicted octanol–water partition coefficient (Wildman–Crippen LogP) is 3.52. The highest BCUT2D eigenvalue weighted by molar-refractivity contribution is 9.10. The fourth-order valence-electron chi connectivity index (χ4n) is 3.86. The molecule has 140 valence electrons. The minimum Gasteiger partial charge on any atom is -0.449 e. The Morgan fingerprint density at radius 1 is 1.37 bits per heavy atom. The van der Waals surface area contributed by atoms with E-state index >= 15 is 0 Å². The first-order chi connectivity index (χ1) is 13.0. The molecule has 0 bridgehead atoms. The summed E-state index contributed by atoms with van der Waals surface area (Å²) in [6.45, 7) is 1.24. The van der Waals surface area contributed by atoms with Crippen LogP contribution in [0.4, 0.5) is 4.39 Å². The van der Waals surface area contributed by atoms with Gasteiger partial charge in [0.1, 0.15) is 11.9 Å². The van der Waals surface area contributed by atoms with E-state index in [0.29, 0.717) is 23.0 Å². The van der Waals surface area contributed by atoms with Crippen molar-refractivity contribution in [3.63, 3.8) is 0 Å². The van der Waals surface area contributed by atoms with Gasteiger partial charge in [-0.3, -0.25) is 4.79 Å². The van der Waals surface area contributed by atoms with Crippen LogP contribution in [-0.4, -0.2) is 32.0 Å². The number of Topliss-reactive ketones (excluding diaryl/α,β-unsaturated/α-hetero) is 1. The molecule has 1 N–H and O–H groups in total. The topological polar surface area (TPSA) is 64.6 Å². The number of hydrogen-bond donors (Lipinski definition) is 1. The van der Waals surface area contributed by atoms with Crippen molar-refractivity contribution in [1.29, 1.82) is 0 Å². The molecule has 27 heavy (non-hydrogen) atoms. The molecule has 1 saturated heterocycles. The van der Waals surface area contributed by atoms with Crippen LogP contribution in [0.25, 0.3) is 0 Å². The van der Waals surface area contributed by atoms with Crippen molar-refractivity contribution < 1.29 is 23.5 Å². The standard InChI is InChI=1S/C20H17BrFNO4/c1-26-18(12-6-5-11(21)9-15(12)22)17(24)13-3-2-4-14-16(13)19(25)27-20(14)7-8-23-10-20/h2-6,9,18,23H,7-8,10H2,1H3/t18?,20-/m0/s1. The van der Waals surface area contributed by atoms with E-state index in [0.717, 1.165) is 6.54 Å². The predicted molar refractivity (Wildman–Crippen MR) is 99.2 cm³/mol. The van der Waals surface area contributed by atoms with Crippen molar-refractivity contribution >= 4 is 27.7 Å². The fourth-order valence-corrected chi connectivity index (χ4v) is 4.19. The van der Waals surface area contributed by atoms with Crippen LogP contribution in [0, 0.1) is 5.82 Å². The lowest BCUT2D eigenvalue weighted by molar-refractivity contribution is 0.00155. The molecular formula is C20H17BrFNO4. The van der Waals surface area contributed by atoms with Crippen LogP contribution in [-0.2, 0) is 15.1 Å². The molecule has 0 aromatic heterocycles. The molecule has 2 aliphatic rings. The molecule has 2 heterocycles. The van der Waals surface area contributed by atoms with Crippen LogP contribution in [0.15, 0.2) is 40.9 Å². The molecule has 2 aromatic carbocycles. The van der Waals surface area contributed by atoms with Crippen LogP contribution in [0.3, 0.4) is 0 Å². The number of carbonyl (C=O) groups is 2. The number of methoxy groups -OCH3 is 1. The number of nitrogens with one attached hydrogen (secondary N) is 1. The lowest BCUT2D eigenvalue weighted by Crippen LogP contribution is -2.28. The molecule has 2 aromatic rings. The molecule has 1 fully saturated rings. The average Bonchev–Trinajstić information content (AvgIpc) is 3.23. The number of esters is 1. The van der Waals surface area contributed by atoms with Gasteiger partial charge in [0.2, 0.25) is 0 Å². The number of halogens is 2. The Bertz CT molecular complexity index is 940. The van der Waals surface area contributed by atoms with E-state index in [4.69, 9.17) is 9.47 Å². The number of ether oxygens (including phenoxy) is 2. The Hall–Kier alpha value is -2.09. The molecule has 1 unspecified atom stereocenters. The van der Waals surface area contributed by atoms with E-state index in [1.54, 1.807) is 18.2 Å². The van der Waals surface area contributed by atoms with Crippen molar-refractivity contribution in [3.05, 3.63) is 68.9 Å². The monoisotopic (exact) mass is 433 g/mol. The third kappa shape index (κ3) is 2.90. The summed E-state index contributed by atoms with van der Waals surface area (Å²) in [7, 11) is 1.34. The zero-order valence-corrected chi connectivity index (χ0v) is 16.1. The van der Waals surface area contributed by atoms with Crippen LogP contribution in [0.1, 0.15) is 44.4 Å². The third-order valence-electron chi connectivity index (χ3n) is 5.15. The second kappa shape index (κ2) is 6.82. The largest absolute Gasteiger partial charge is 0.449 e. The Kier molecular flexibility index (Phi) is 4.61. The van der Waals surface area contributed by atoms with E-state index in [9.17, 15) is 14.0 Å². The zero-order chi connectivity index (χ0) is 19.2. The Labute approximate surface area is 164 Å². The van der Waals surface area contributed by atoms with Crippen LogP contribution in [0.5, 0.6) is 0 Å². The minimum absolute atomic E-state index is 0.118. The molecule has 2 aliphatic heterocycles. The fraction of sp³-hybridized carbons (Fsp3) is 0.300. The van der Waals surface area contributed by atoms with Crippen LogP contribution >= 0.6 is 15.9 Å². The van der Waals surface area contributed by atoms with Gasteiger partial charge < -0.3 is 14.8 Å². The van der Waals surface area contributed by atoms with Gasteiger partial charge in [-0.2, -0.15) is 0 Å². The highest BCUT2D eigenvalue weighted by Gasteiger charge is 2.49. The summed E-state index contributed by atoms with van der Waals surface area (Å²) in [6.07, 6.45) is -0.506. The quantitative estimate of drug-likeness (QED) is 0.590. The highest BCUT2D eigenvalue weighted by atomic mass is 79.9. The van der Waals surface area contributed by atoms with E-state index < -0.39 is 29.3 Å². The van der Waals surface area contributed by atoms with E-state index in [2.05, 4.69) is 21.2 Å². The molecule has 2 atom stereocenters. The number of hydrogen-bond acceptors (Lipinski definition) is 5. The van der Waals surface area contributed by atoms with E-state index in [1.807, 2.05) is 6.07 Å². The maximum atomic E-state index is 14.4. The summed E-state index contributed by atoms with van der Waals surface area (Å²) in [5.74, 6) is -1.56. The smallest absolute Gasteiger partial charge is 0.340 e. The molecule has 0 radical (unpaired) electrons. The third-order valence-corrected chi connectivity index (χ3v) is 5.64. The Morgan fingerprint density at radius 2 is 2.19 bits per heavy atom. The molecule has 1 spiro atoms. The molecule has 4 rings (SSSR count). The van der Waals surface area contributed by atoms with Gasteiger partial charge in [0.05, 0.1) is 5.56 Å². The number of fused-ring (bicyclic) bond motifs is 2. The first-order valence-electron chi connectivity index (χ1n) is 8.56. The van der Waals surface area contributed by atoms with Gasteiger partial charge in [-0.1, -0.05) is 40.2 Å². The summed E-state index contributed by atoms with van der Waals surface area (Å²) >= 11 is 3.20. The second-order valence-electron chi connectivity index (χ2n) is 6.68. The van der Waals surface area contributed by atoms with Gasteiger partial charge >= 0.3 is 5.97 Å². The van der Waals surface area contributed by atoms with Gasteiger partial charge in [0.25, 0.3) is 0 Å². The maximum Gasteiger partial charge on any atom is 0.340 e. The lowest BCUT2D eigenvalue weighted by Gasteiger charge is -2.22.